The predicted molar refractivity (Wildman–Crippen MR) is 85.9 cm³/mol. The normalized spacial score (nSPS) is 19.6. The maximum atomic E-state index is 11.7. The molecule has 0 aliphatic carbocycles. The van der Waals surface area contributed by atoms with Crippen molar-refractivity contribution >= 4 is 6.09 Å². The third-order valence-corrected chi connectivity index (χ3v) is 4.18. The van der Waals surface area contributed by atoms with E-state index in [-0.39, 0.29) is 6.04 Å². The van der Waals surface area contributed by atoms with Crippen molar-refractivity contribution in [3.8, 4) is 0 Å². The van der Waals surface area contributed by atoms with E-state index in [0.717, 1.165) is 38.0 Å². The van der Waals surface area contributed by atoms with Gasteiger partial charge in [0, 0.05) is 32.3 Å². The Bertz CT molecular complexity index is 446. The summed E-state index contributed by atoms with van der Waals surface area (Å²) in [6.45, 7) is 2.67. The number of carboxylic acid groups (broad SMARTS) is 1. The number of nitrogens with one attached hydrogen (secondary N) is 1. The Morgan fingerprint density at radius 3 is 2.82 bits per heavy atom. The van der Waals surface area contributed by atoms with Gasteiger partial charge in [-0.15, -0.1) is 0 Å². The van der Waals surface area contributed by atoms with E-state index in [4.69, 9.17) is 4.74 Å². The molecule has 22 heavy (non-hydrogen) atoms. The molecule has 1 heterocycles. The molecule has 0 aromatic heterocycles. The number of ether oxygens (including phenoxy) is 1. The zero-order valence-electron chi connectivity index (χ0n) is 13.2. The smallest absolute Gasteiger partial charge is 0.407 e. The van der Waals surface area contributed by atoms with Crippen molar-refractivity contribution in [3.05, 3.63) is 35.9 Å². The minimum Gasteiger partial charge on any atom is -0.465 e. The molecule has 1 fully saturated rings. The Morgan fingerprint density at radius 1 is 1.45 bits per heavy atom. The van der Waals surface area contributed by atoms with Gasteiger partial charge < -0.3 is 15.2 Å². The standard InChI is InChI=1S/C17H26N2O3/c1-18-11-16(10-15-8-5-9-22-13-15)19(17(20)21)12-14-6-3-2-4-7-14/h2-4,6-7,15-16,18H,5,8-13H2,1H3,(H,20,21)/t15-,16+/m1/s1. The van der Waals surface area contributed by atoms with E-state index in [2.05, 4.69) is 5.32 Å². The maximum absolute atomic E-state index is 11.7. The van der Waals surface area contributed by atoms with E-state index >= 15 is 0 Å². The van der Waals surface area contributed by atoms with Crippen molar-refractivity contribution in [1.29, 1.82) is 0 Å². The fraction of sp³-hybridized carbons (Fsp3) is 0.588. The highest BCUT2D eigenvalue weighted by Crippen LogP contribution is 2.22. The molecular weight excluding hydrogens is 280 g/mol. The third kappa shape index (κ3) is 5.00. The highest BCUT2D eigenvalue weighted by Gasteiger charge is 2.27. The molecule has 5 nitrogen and oxygen atoms in total. The fourth-order valence-corrected chi connectivity index (χ4v) is 3.07. The second-order valence-corrected chi connectivity index (χ2v) is 5.93. The van der Waals surface area contributed by atoms with Crippen molar-refractivity contribution in [2.24, 2.45) is 5.92 Å². The largest absolute Gasteiger partial charge is 0.465 e. The van der Waals surface area contributed by atoms with Gasteiger partial charge in [0.15, 0.2) is 0 Å². The van der Waals surface area contributed by atoms with E-state index in [0.29, 0.717) is 19.0 Å². The fourth-order valence-electron chi connectivity index (χ4n) is 3.07. The summed E-state index contributed by atoms with van der Waals surface area (Å²) in [5.74, 6) is 0.449. The molecule has 1 amide bonds. The number of rotatable bonds is 7. The van der Waals surface area contributed by atoms with Gasteiger partial charge >= 0.3 is 6.09 Å². The number of nitrogens with zero attached hydrogens (tertiary/aromatic N) is 1. The van der Waals surface area contributed by atoms with E-state index in [9.17, 15) is 9.90 Å². The molecule has 1 saturated heterocycles. The summed E-state index contributed by atoms with van der Waals surface area (Å²) in [5, 5.41) is 12.8. The van der Waals surface area contributed by atoms with Crippen LogP contribution in [0.2, 0.25) is 0 Å². The van der Waals surface area contributed by atoms with Crippen LogP contribution in [-0.2, 0) is 11.3 Å². The van der Waals surface area contributed by atoms with Crippen LogP contribution in [0, 0.1) is 5.92 Å². The van der Waals surface area contributed by atoms with Gasteiger partial charge in [0.05, 0.1) is 0 Å². The van der Waals surface area contributed by atoms with Crippen molar-refractivity contribution in [2.75, 3.05) is 26.8 Å². The molecule has 0 saturated carbocycles. The van der Waals surface area contributed by atoms with Gasteiger partial charge in [0.2, 0.25) is 0 Å². The Balaban J connectivity index is 2.05. The number of carbonyl (C=O) groups is 1. The summed E-state index contributed by atoms with van der Waals surface area (Å²) in [7, 11) is 1.87. The minimum absolute atomic E-state index is 0.0330. The summed E-state index contributed by atoms with van der Waals surface area (Å²) in [6, 6.07) is 9.73. The van der Waals surface area contributed by atoms with Crippen LogP contribution < -0.4 is 5.32 Å². The first-order valence-corrected chi connectivity index (χ1v) is 7.96. The molecule has 1 aliphatic rings. The van der Waals surface area contributed by atoms with Crippen LogP contribution in [-0.4, -0.2) is 48.9 Å². The highest BCUT2D eigenvalue weighted by atomic mass is 16.5. The molecule has 1 aromatic carbocycles. The van der Waals surface area contributed by atoms with Crippen LogP contribution in [0.25, 0.3) is 0 Å². The van der Waals surface area contributed by atoms with Crippen molar-refractivity contribution < 1.29 is 14.6 Å². The topological polar surface area (TPSA) is 61.8 Å². The molecule has 2 N–H and O–H groups in total. The van der Waals surface area contributed by atoms with Gasteiger partial charge in [-0.1, -0.05) is 30.3 Å². The lowest BCUT2D eigenvalue weighted by atomic mass is 9.93. The first kappa shape index (κ1) is 16.8. The molecule has 2 atom stereocenters. The second kappa shape index (κ2) is 8.76. The van der Waals surface area contributed by atoms with Crippen molar-refractivity contribution in [2.45, 2.75) is 31.8 Å². The molecule has 5 heteroatoms. The van der Waals surface area contributed by atoms with E-state index in [1.165, 1.54) is 0 Å². The zero-order valence-corrected chi connectivity index (χ0v) is 13.2. The summed E-state index contributed by atoms with van der Waals surface area (Å²) < 4.78 is 5.53. The number of benzene rings is 1. The Kier molecular flexibility index (Phi) is 6.68. The van der Waals surface area contributed by atoms with Crippen LogP contribution in [0.1, 0.15) is 24.8 Å². The number of hydrogen-bond acceptors (Lipinski definition) is 3. The monoisotopic (exact) mass is 306 g/mol. The number of hydrogen-bond donors (Lipinski definition) is 2. The van der Waals surface area contributed by atoms with Crippen LogP contribution in [0.3, 0.4) is 0 Å². The zero-order chi connectivity index (χ0) is 15.8. The van der Waals surface area contributed by atoms with E-state index in [1.54, 1.807) is 4.90 Å². The SMILES string of the molecule is CNC[C@H](C[C@H]1CCCOC1)N(Cc1ccccc1)C(=O)O. The highest BCUT2D eigenvalue weighted by molar-refractivity contribution is 5.65. The van der Waals surface area contributed by atoms with Gasteiger partial charge in [0.1, 0.15) is 0 Å². The average Bonchev–Trinajstić information content (AvgIpc) is 2.54. The first-order chi connectivity index (χ1) is 10.7. The van der Waals surface area contributed by atoms with Crippen LogP contribution in [0.15, 0.2) is 30.3 Å². The molecule has 0 bridgehead atoms. The average molecular weight is 306 g/mol. The van der Waals surface area contributed by atoms with Crippen LogP contribution in [0.4, 0.5) is 4.79 Å². The summed E-state index contributed by atoms with van der Waals surface area (Å²) >= 11 is 0. The molecule has 1 aromatic rings. The van der Waals surface area contributed by atoms with Gasteiger partial charge in [0.25, 0.3) is 0 Å². The van der Waals surface area contributed by atoms with Crippen LogP contribution in [0.5, 0.6) is 0 Å². The third-order valence-electron chi connectivity index (χ3n) is 4.18. The summed E-state index contributed by atoms with van der Waals surface area (Å²) in [6.07, 6.45) is 2.18. The van der Waals surface area contributed by atoms with E-state index in [1.807, 2.05) is 37.4 Å². The second-order valence-electron chi connectivity index (χ2n) is 5.93. The summed E-state index contributed by atoms with van der Waals surface area (Å²) in [5.41, 5.74) is 1.02. The molecule has 2 rings (SSSR count). The Labute approximate surface area is 132 Å². The van der Waals surface area contributed by atoms with Gasteiger partial charge in [-0.25, -0.2) is 4.79 Å². The first-order valence-electron chi connectivity index (χ1n) is 7.96. The van der Waals surface area contributed by atoms with Crippen molar-refractivity contribution in [1.82, 2.24) is 10.2 Å². The van der Waals surface area contributed by atoms with Gasteiger partial charge in [-0.3, -0.25) is 4.90 Å². The lowest BCUT2D eigenvalue weighted by Crippen LogP contribution is -2.45. The minimum atomic E-state index is -0.860. The lowest BCUT2D eigenvalue weighted by molar-refractivity contribution is 0.0364. The predicted octanol–water partition coefficient (Wildman–Crippen LogP) is 2.57. The molecule has 0 unspecified atom stereocenters. The summed E-state index contributed by atoms with van der Waals surface area (Å²) in [4.78, 5) is 13.3. The molecular formula is C17H26N2O3. The molecule has 1 aliphatic heterocycles. The molecule has 0 radical (unpaired) electrons. The quantitative estimate of drug-likeness (QED) is 0.813. The lowest BCUT2D eigenvalue weighted by Gasteiger charge is -2.33. The van der Waals surface area contributed by atoms with E-state index < -0.39 is 6.09 Å². The number of amides is 1. The Hall–Kier alpha value is -1.59. The maximum Gasteiger partial charge on any atom is 0.407 e. The Morgan fingerprint density at radius 2 is 2.23 bits per heavy atom. The number of likely N-dealkylation sites (N-methyl/N-ethyl adjacent to an activating group) is 1. The van der Waals surface area contributed by atoms with Crippen molar-refractivity contribution in [3.63, 3.8) is 0 Å². The van der Waals surface area contributed by atoms with Gasteiger partial charge in [-0.05, 0) is 37.8 Å². The molecule has 122 valence electrons. The van der Waals surface area contributed by atoms with Crippen LogP contribution >= 0.6 is 0 Å². The molecule has 0 spiro atoms. The van der Waals surface area contributed by atoms with Gasteiger partial charge in [-0.2, -0.15) is 0 Å².